The van der Waals surface area contributed by atoms with E-state index in [0.717, 1.165) is 44.8 Å². The molecule has 0 saturated heterocycles. The second kappa shape index (κ2) is 21.7. The molecule has 0 amide bonds. The molecule has 0 bridgehead atoms. The highest BCUT2D eigenvalue weighted by Crippen LogP contribution is 2.30. The van der Waals surface area contributed by atoms with Gasteiger partial charge in [0.05, 0.1) is 42.0 Å². The van der Waals surface area contributed by atoms with Crippen LogP contribution < -0.4 is 21.3 Å². The highest BCUT2D eigenvalue weighted by Gasteiger charge is 2.19. The summed E-state index contributed by atoms with van der Waals surface area (Å²) < 4.78 is 5.16. The lowest BCUT2D eigenvalue weighted by Crippen LogP contribution is -2.12. The molecule has 0 aliphatic carbocycles. The zero-order valence-corrected chi connectivity index (χ0v) is 35.3. The molecular formula is C48H40N12O4. The van der Waals surface area contributed by atoms with Crippen LogP contribution in [0.15, 0.2) is 97.3 Å². The summed E-state index contributed by atoms with van der Waals surface area (Å²) in [5.41, 5.74) is 9.41. The van der Waals surface area contributed by atoms with Gasteiger partial charge in [0, 0.05) is 47.3 Å². The number of anilines is 8. The van der Waals surface area contributed by atoms with Crippen LogP contribution in [-0.2, 0) is 4.74 Å². The molecule has 0 aliphatic rings. The maximum absolute atomic E-state index is 12.5. The molecule has 6 rings (SSSR count). The van der Waals surface area contributed by atoms with Gasteiger partial charge in [0.15, 0.2) is 11.6 Å². The average molecular weight is 849 g/mol. The second-order valence-electron chi connectivity index (χ2n) is 13.8. The summed E-state index contributed by atoms with van der Waals surface area (Å²) in [6.45, 7) is 9.59. The van der Waals surface area contributed by atoms with Crippen molar-refractivity contribution >= 4 is 70.4 Å². The van der Waals surface area contributed by atoms with Crippen LogP contribution in [-0.4, -0.2) is 43.6 Å². The minimum atomic E-state index is -1.16. The largest absolute Gasteiger partial charge is 0.477 e. The van der Waals surface area contributed by atoms with Crippen molar-refractivity contribution in [3.05, 3.63) is 153 Å². The first-order chi connectivity index (χ1) is 30.8. The smallest absolute Gasteiger partial charge is 0.343 e. The summed E-state index contributed by atoms with van der Waals surface area (Å²) in [5.74, 6) is -0.762. The average Bonchev–Trinajstić information content (AvgIpc) is 3.28. The fourth-order valence-electron chi connectivity index (χ4n) is 6.19. The standard InChI is InChI=1S/C25H22N6O2.C23H18N6O2/c1-4-33-24(32)21-15-28-25(29-20-9-7-18(14-27)8-10-20)31-23(21)30-22-16(2)12-19(6-5-11-26)13-17(22)3;1-14-10-17(4-3-9-24)11-15(2)20(14)28-21-19(22(30)31)13-26-23(29-21)27-18-7-5-16(12-25)6-8-18/h5-10,12-13,15H,4H2,1-3H3,(H2,28,29,30,31);3-8,10-11,13H,1-2H3,(H,30,31)(H2,26,27,28,29)/b6-5+;4-3+. The molecule has 6 aromatic rings. The molecule has 316 valence electrons. The Kier molecular flexibility index (Phi) is 15.5. The highest BCUT2D eigenvalue weighted by molar-refractivity contribution is 5.96. The number of esters is 1. The van der Waals surface area contributed by atoms with Gasteiger partial charge in [-0.3, -0.25) is 0 Å². The fraction of sp³-hybridized carbons (Fsp3) is 0.125. The van der Waals surface area contributed by atoms with E-state index in [1.54, 1.807) is 67.6 Å². The van der Waals surface area contributed by atoms with Crippen molar-refractivity contribution in [2.45, 2.75) is 34.6 Å². The normalized spacial score (nSPS) is 10.3. The number of rotatable bonds is 13. The number of carboxylic acid groups (broad SMARTS) is 1. The van der Waals surface area contributed by atoms with Crippen molar-refractivity contribution in [2.24, 2.45) is 0 Å². The third-order valence-electron chi connectivity index (χ3n) is 9.14. The lowest BCUT2D eigenvalue weighted by molar-refractivity contribution is 0.0526. The second-order valence-corrected chi connectivity index (χ2v) is 13.8. The van der Waals surface area contributed by atoms with Gasteiger partial charge in [-0.05, 0) is 153 Å². The van der Waals surface area contributed by atoms with E-state index in [-0.39, 0.29) is 35.4 Å². The van der Waals surface area contributed by atoms with Gasteiger partial charge in [-0.1, -0.05) is 0 Å². The van der Waals surface area contributed by atoms with Crippen LogP contribution in [0.5, 0.6) is 0 Å². The lowest BCUT2D eigenvalue weighted by atomic mass is 10.0. The van der Waals surface area contributed by atoms with Gasteiger partial charge < -0.3 is 31.1 Å². The Balaban J connectivity index is 0.000000241. The summed E-state index contributed by atoms with van der Waals surface area (Å²) in [5, 5.41) is 57.4. The van der Waals surface area contributed by atoms with Crippen LogP contribution in [0.2, 0.25) is 0 Å². The van der Waals surface area contributed by atoms with Gasteiger partial charge in [-0.15, -0.1) is 0 Å². The quantitative estimate of drug-likeness (QED) is 0.0535. The number of carboxylic acids is 1. The number of aromatic nitrogens is 4. The van der Waals surface area contributed by atoms with Crippen LogP contribution in [0.1, 0.15) is 72.1 Å². The summed E-state index contributed by atoms with van der Waals surface area (Å²) in [6, 6.07) is 29.3. The summed E-state index contributed by atoms with van der Waals surface area (Å²) in [4.78, 5) is 41.4. The molecule has 0 aliphatic heterocycles. The number of nitriles is 4. The first-order valence-corrected chi connectivity index (χ1v) is 19.4. The number of aromatic carboxylic acids is 1. The van der Waals surface area contributed by atoms with Gasteiger partial charge >= 0.3 is 11.9 Å². The van der Waals surface area contributed by atoms with Crippen molar-refractivity contribution in [1.82, 2.24) is 19.9 Å². The van der Waals surface area contributed by atoms with Crippen molar-refractivity contribution in [2.75, 3.05) is 27.9 Å². The van der Waals surface area contributed by atoms with Crippen molar-refractivity contribution in [3.8, 4) is 24.3 Å². The SMILES string of the molecule is CCOC(=O)c1cnc(Nc2ccc(C#N)cc2)nc1Nc1c(C)cc(/C=C/C#N)cc1C.Cc1cc(/C=C/C#N)cc(C)c1Nc1nc(Nc2ccc(C#N)cc2)ncc1C(=O)O. The Morgan fingerprint density at radius 1 is 0.625 bits per heavy atom. The third-order valence-corrected chi connectivity index (χ3v) is 9.14. The van der Waals surface area contributed by atoms with Gasteiger partial charge in [0.1, 0.15) is 11.1 Å². The maximum Gasteiger partial charge on any atom is 0.343 e. The van der Waals surface area contributed by atoms with Gasteiger partial charge in [0.2, 0.25) is 11.9 Å². The number of aryl methyl sites for hydroxylation is 4. The van der Waals surface area contributed by atoms with Crippen LogP contribution >= 0.6 is 0 Å². The van der Waals surface area contributed by atoms with E-state index < -0.39 is 11.9 Å². The molecule has 0 atom stereocenters. The molecule has 0 spiro atoms. The predicted molar refractivity (Wildman–Crippen MR) is 244 cm³/mol. The molecular weight excluding hydrogens is 809 g/mol. The van der Waals surface area contributed by atoms with Crippen LogP contribution in [0, 0.1) is 73.0 Å². The molecule has 4 aromatic carbocycles. The Morgan fingerprint density at radius 2 is 1.02 bits per heavy atom. The number of nitrogens with one attached hydrogen (secondary N) is 4. The minimum Gasteiger partial charge on any atom is -0.477 e. The number of allylic oxidation sites excluding steroid dienone is 2. The number of benzene rings is 4. The first-order valence-electron chi connectivity index (χ1n) is 19.4. The van der Waals surface area contributed by atoms with E-state index in [9.17, 15) is 14.7 Å². The molecule has 64 heavy (non-hydrogen) atoms. The topological polar surface area (TPSA) is 258 Å². The van der Waals surface area contributed by atoms with E-state index in [2.05, 4.69) is 47.3 Å². The Labute approximate surface area is 369 Å². The zero-order valence-electron chi connectivity index (χ0n) is 35.3. The van der Waals surface area contributed by atoms with E-state index in [4.69, 9.17) is 25.8 Å². The fourth-order valence-corrected chi connectivity index (χ4v) is 6.19. The molecule has 0 fully saturated rings. The molecule has 2 heterocycles. The molecule has 16 nitrogen and oxygen atoms in total. The van der Waals surface area contributed by atoms with Gasteiger partial charge in [-0.2, -0.15) is 31.0 Å². The first kappa shape index (κ1) is 45.7. The lowest BCUT2D eigenvalue weighted by Gasteiger charge is -2.16. The van der Waals surface area contributed by atoms with E-state index >= 15 is 0 Å². The van der Waals surface area contributed by atoms with Crippen molar-refractivity contribution in [3.63, 3.8) is 0 Å². The van der Waals surface area contributed by atoms with Crippen LogP contribution in [0.4, 0.5) is 46.3 Å². The molecule has 5 N–H and O–H groups in total. The Morgan fingerprint density at radius 3 is 1.38 bits per heavy atom. The third kappa shape index (κ3) is 12.1. The van der Waals surface area contributed by atoms with Crippen molar-refractivity contribution < 1.29 is 19.4 Å². The number of nitrogens with zero attached hydrogens (tertiary/aromatic N) is 8. The summed E-state index contributed by atoms with van der Waals surface area (Å²) in [6.07, 6.45) is 8.91. The minimum absolute atomic E-state index is 0.0716. The van der Waals surface area contributed by atoms with Crippen LogP contribution in [0.25, 0.3) is 12.2 Å². The Bertz CT molecular complexity index is 2890. The van der Waals surface area contributed by atoms with E-state index in [1.165, 1.54) is 24.5 Å². The molecule has 0 radical (unpaired) electrons. The van der Waals surface area contributed by atoms with Gasteiger partial charge in [-0.25, -0.2) is 19.6 Å². The zero-order chi connectivity index (χ0) is 46.2. The Hall–Kier alpha value is -9.38. The molecule has 16 heteroatoms. The number of carbonyl (C=O) groups is 2. The monoisotopic (exact) mass is 848 g/mol. The van der Waals surface area contributed by atoms with Gasteiger partial charge in [0.25, 0.3) is 0 Å². The van der Waals surface area contributed by atoms with E-state index in [1.807, 2.05) is 70.2 Å². The maximum atomic E-state index is 12.5. The highest BCUT2D eigenvalue weighted by atomic mass is 16.5. The number of hydrogen-bond donors (Lipinski definition) is 5. The number of carbonyl (C=O) groups excluding carboxylic acids is 1. The van der Waals surface area contributed by atoms with E-state index in [0.29, 0.717) is 28.3 Å². The molecule has 0 saturated carbocycles. The molecule has 2 aromatic heterocycles. The van der Waals surface area contributed by atoms with Crippen LogP contribution in [0.3, 0.4) is 0 Å². The number of ether oxygens (including phenoxy) is 1. The summed E-state index contributed by atoms with van der Waals surface area (Å²) >= 11 is 0. The predicted octanol–water partition coefficient (Wildman–Crippen LogP) is 9.85. The van der Waals surface area contributed by atoms with Crippen molar-refractivity contribution in [1.29, 1.82) is 21.0 Å². The summed E-state index contributed by atoms with van der Waals surface area (Å²) in [7, 11) is 0. The number of hydrogen-bond acceptors (Lipinski definition) is 15. The molecule has 0 unspecified atom stereocenters.